The molecule has 0 fully saturated rings. The molecule has 16 heavy (non-hydrogen) atoms. The number of hydrogen-bond donors (Lipinski definition) is 2. The van der Waals surface area contributed by atoms with Crippen LogP contribution in [0.25, 0.3) is 0 Å². The van der Waals surface area contributed by atoms with E-state index >= 15 is 0 Å². The summed E-state index contributed by atoms with van der Waals surface area (Å²) in [5.74, 6) is 1.54. The van der Waals surface area contributed by atoms with Crippen molar-refractivity contribution in [1.29, 1.82) is 0 Å². The summed E-state index contributed by atoms with van der Waals surface area (Å²) in [6, 6.07) is 1.86. The molecule has 0 aliphatic heterocycles. The minimum absolute atomic E-state index is 0.0726. The minimum atomic E-state index is 0.0726. The standard InChI is InChI=1S/C11H21N5/c1-11(2,7-12)8-14-9-5-6-13-10(15-9)16(3)4/h5-6H,7-8,12H2,1-4H3,(H,13,14,15). The van der Waals surface area contributed by atoms with Gasteiger partial charge in [-0.1, -0.05) is 13.8 Å². The summed E-state index contributed by atoms with van der Waals surface area (Å²) in [6.45, 7) is 5.68. The van der Waals surface area contributed by atoms with Gasteiger partial charge in [-0.2, -0.15) is 4.98 Å². The molecule has 3 N–H and O–H groups in total. The summed E-state index contributed by atoms with van der Waals surface area (Å²) in [4.78, 5) is 10.4. The molecule has 90 valence electrons. The van der Waals surface area contributed by atoms with Gasteiger partial charge in [-0.15, -0.1) is 0 Å². The Kier molecular flexibility index (Phi) is 4.06. The van der Waals surface area contributed by atoms with Crippen LogP contribution in [0.15, 0.2) is 12.3 Å². The van der Waals surface area contributed by atoms with Gasteiger partial charge in [-0.05, 0) is 18.0 Å². The van der Waals surface area contributed by atoms with E-state index in [0.29, 0.717) is 12.5 Å². The highest BCUT2D eigenvalue weighted by Crippen LogP contribution is 2.14. The lowest BCUT2D eigenvalue weighted by Crippen LogP contribution is -2.31. The van der Waals surface area contributed by atoms with E-state index in [1.165, 1.54) is 0 Å². The topological polar surface area (TPSA) is 67.1 Å². The van der Waals surface area contributed by atoms with E-state index in [-0.39, 0.29) is 5.41 Å². The lowest BCUT2D eigenvalue weighted by molar-refractivity contribution is 0.405. The Bertz CT molecular complexity index is 335. The second kappa shape index (κ2) is 5.12. The molecule has 0 bridgehead atoms. The van der Waals surface area contributed by atoms with Crippen molar-refractivity contribution in [1.82, 2.24) is 9.97 Å². The molecule has 1 rings (SSSR count). The summed E-state index contributed by atoms with van der Waals surface area (Å²) in [6.07, 6.45) is 1.75. The van der Waals surface area contributed by atoms with Crippen molar-refractivity contribution in [3.63, 3.8) is 0 Å². The Morgan fingerprint density at radius 1 is 1.44 bits per heavy atom. The second-order valence-corrected chi connectivity index (χ2v) is 4.86. The highest BCUT2D eigenvalue weighted by molar-refractivity contribution is 5.40. The third kappa shape index (κ3) is 3.66. The van der Waals surface area contributed by atoms with E-state index in [2.05, 4.69) is 29.1 Å². The van der Waals surface area contributed by atoms with Crippen LogP contribution in [-0.2, 0) is 0 Å². The Morgan fingerprint density at radius 3 is 2.69 bits per heavy atom. The summed E-state index contributed by atoms with van der Waals surface area (Å²) in [7, 11) is 3.84. The zero-order valence-corrected chi connectivity index (χ0v) is 10.5. The quantitative estimate of drug-likeness (QED) is 0.777. The van der Waals surface area contributed by atoms with Crippen LogP contribution in [0.1, 0.15) is 13.8 Å². The summed E-state index contributed by atoms with van der Waals surface area (Å²) >= 11 is 0. The van der Waals surface area contributed by atoms with E-state index in [1.54, 1.807) is 6.20 Å². The monoisotopic (exact) mass is 223 g/mol. The molecule has 1 aromatic heterocycles. The van der Waals surface area contributed by atoms with Crippen molar-refractivity contribution in [2.45, 2.75) is 13.8 Å². The highest BCUT2D eigenvalue weighted by Gasteiger charge is 2.15. The van der Waals surface area contributed by atoms with E-state index in [0.717, 1.165) is 12.4 Å². The molecule has 0 atom stereocenters. The van der Waals surface area contributed by atoms with Gasteiger partial charge in [0.2, 0.25) is 5.95 Å². The average Bonchev–Trinajstić information content (AvgIpc) is 2.27. The molecular formula is C11H21N5. The van der Waals surface area contributed by atoms with Crippen LogP contribution in [0, 0.1) is 5.41 Å². The van der Waals surface area contributed by atoms with Crippen LogP contribution in [0.5, 0.6) is 0 Å². The van der Waals surface area contributed by atoms with Crippen LogP contribution in [0.3, 0.4) is 0 Å². The lowest BCUT2D eigenvalue weighted by atomic mass is 9.94. The molecule has 0 saturated heterocycles. The number of nitrogens with two attached hydrogens (primary N) is 1. The first-order valence-electron chi connectivity index (χ1n) is 5.39. The van der Waals surface area contributed by atoms with E-state index in [9.17, 15) is 0 Å². The molecular weight excluding hydrogens is 202 g/mol. The molecule has 0 aliphatic carbocycles. The van der Waals surface area contributed by atoms with Crippen molar-refractivity contribution >= 4 is 11.8 Å². The molecule has 5 heteroatoms. The number of nitrogens with one attached hydrogen (secondary N) is 1. The van der Waals surface area contributed by atoms with Crippen LogP contribution in [-0.4, -0.2) is 37.2 Å². The van der Waals surface area contributed by atoms with Crippen LogP contribution in [0.4, 0.5) is 11.8 Å². The Balaban J connectivity index is 2.64. The molecule has 0 radical (unpaired) electrons. The molecule has 0 aromatic carbocycles. The van der Waals surface area contributed by atoms with Crippen LogP contribution in [0.2, 0.25) is 0 Å². The third-order valence-electron chi connectivity index (χ3n) is 2.34. The van der Waals surface area contributed by atoms with Gasteiger partial charge in [0.15, 0.2) is 0 Å². The fraction of sp³-hybridized carbons (Fsp3) is 0.636. The molecule has 0 unspecified atom stereocenters. The maximum absolute atomic E-state index is 5.67. The lowest BCUT2D eigenvalue weighted by Gasteiger charge is -2.23. The summed E-state index contributed by atoms with van der Waals surface area (Å²) in [5.41, 5.74) is 5.74. The van der Waals surface area contributed by atoms with Crippen molar-refractivity contribution in [2.24, 2.45) is 11.1 Å². The first-order chi connectivity index (χ1) is 7.44. The molecule has 0 aliphatic rings. The smallest absolute Gasteiger partial charge is 0.226 e. The van der Waals surface area contributed by atoms with Gasteiger partial charge in [0, 0.05) is 26.8 Å². The number of aromatic nitrogens is 2. The molecule has 0 amide bonds. The number of rotatable bonds is 5. The van der Waals surface area contributed by atoms with Crippen molar-refractivity contribution in [2.75, 3.05) is 37.4 Å². The van der Waals surface area contributed by atoms with Gasteiger partial charge in [0.1, 0.15) is 5.82 Å². The van der Waals surface area contributed by atoms with Crippen LogP contribution < -0.4 is 16.0 Å². The van der Waals surface area contributed by atoms with E-state index in [4.69, 9.17) is 5.73 Å². The van der Waals surface area contributed by atoms with Crippen molar-refractivity contribution in [3.05, 3.63) is 12.3 Å². The third-order valence-corrected chi connectivity index (χ3v) is 2.34. The second-order valence-electron chi connectivity index (χ2n) is 4.86. The van der Waals surface area contributed by atoms with Gasteiger partial charge >= 0.3 is 0 Å². The van der Waals surface area contributed by atoms with Crippen molar-refractivity contribution < 1.29 is 0 Å². The average molecular weight is 223 g/mol. The number of hydrogen-bond acceptors (Lipinski definition) is 5. The molecule has 1 heterocycles. The first kappa shape index (κ1) is 12.7. The zero-order valence-electron chi connectivity index (χ0n) is 10.5. The molecule has 0 spiro atoms. The van der Waals surface area contributed by atoms with Crippen LogP contribution >= 0.6 is 0 Å². The number of anilines is 2. The highest BCUT2D eigenvalue weighted by atomic mass is 15.2. The normalized spacial score (nSPS) is 11.3. The van der Waals surface area contributed by atoms with Gasteiger partial charge in [-0.3, -0.25) is 0 Å². The maximum atomic E-state index is 5.67. The first-order valence-corrected chi connectivity index (χ1v) is 5.39. The van der Waals surface area contributed by atoms with E-state index in [1.807, 2.05) is 25.1 Å². The SMILES string of the molecule is CN(C)c1nccc(NCC(C)(C)CN)n1. The van der Waals surface area contributed by atoms with Gasteiger partial charge in [0.25, 0.3) is 0 Å². The van der Waals surface area contributed by atoms with E-state index < -0.39 is 0 Å². The predicted octanol–water partition coefficient (Wildman–Crippen LogP) is 0.939. The maximum Gasteiger partial charge on any atom is 0.226 e. The molecule has 0 saturated carbocycles. The van der Waals surface area contributed by atoms with Gasteiger partial charge in [0.05, 0.1) is 0 Å². The molecule has 1 aromatic rings. The Hall–Kier alpha value is -1.36. The fourth-order valence-corrected chi connectivity index (χ4v) is 1.06. The minimum Gasteiger partial charge on any atom is -0.369 e. The Labute approximate surface area is 97.1 Å². The molecule has 5 nitrogen and oxygen atoms in total. The predicted molar refractivity (Wildman–Crippen MR) is 67.7 cm³/mol. The zero-order chi connectivity index (χ0) is 12.2. The van der Waals surface area contributed by atoms with Gasteiger partial charge < -0.3 is 16.0 Å². The summed E-state index contributed by atoms with van der Waals surface area (Å²) in [5, 5.41) is 3.27. The van der Waals surface area contributed by atoms with Crippen molar-refractivity contribution in [3.8, 4) is 0 Å². The number of nitrogens with zero attached hydrogens (tertiary/aromatic N) is 3. The summed E-state index contributed by atoms with van der Waals surface area (Å²) < 4.78 is 0. The van der Waals surface area contributed by atoms with Gasteiger partial charge in [-0.25, -0.2) is 4.98 Å². The Morgan fingerprint density at radius 2 is 2.12 bits per heavy atom. The fourth-order valence-electron chi connectivity index (χ4n) is 1.06. The largest absolute Gasteiger partial charge is 0.369 e.